The Bertz CT molecular complexity index is 781. The van der Waals surface area contributed by atoms with Crippen molar-refractivity contribution in [1.82, 2.24) is 19.8 Å². The minimum Gasteiger partial charge on any atom is -0.356 e. The van der Waals surface area contributed by atoms with Crippen molar-refractivity contribution in [2.24, 2.45) is 5.92 Å². The molecule has 1 amide bonds. The van der Waals surface area contributed by atoms with Crippen LogP contribution in [0.4, 0.5) is 11.8 Å². The number of anilines is 2. The molecule has 0 aromatic carbocycles. The van der Waals surface area contributed by atoms with Crippen LogP contribution in [0.5, 0.6) is 0 Å². The Morgan fingerprint density at radius 2 is 1.53 bits per heavy atom. The first kappa shape index (κ1) is 23.8. The second kappa shape index (κ2) is 11.7. The van der Waals surface area contributed by atoms with Gasteiger partial charge < -0.3 is 15.1 Å². The summed E-state index contributed by atoms with van der Waals surface area (Å²) in [6.07, 6.45) is 17.7. The quantitative estimate of drug-likeness (QED) is 0.695. The summed E-state index contributed by atoms with van der Waals surface area (Å²) in [5, 5.41) is 3.69. The molecule has 0 spiro atoms. The van der Waals surface area contributed by atoms with Crippen LogP contribution in [0.15, 0.2) is 12.3 Å². The van der Waals surface area contributed by atoms with Crippen LogP contribution in [-0.4, -0.2) is 77.0 Å². The van der Waals surface area contributed by atoms with Crippen molar-refractivity contribution >= 4 is 17.7 Å². The molecule has 0 bridgehead atoms. The first-order chi connectivity index (χ1) is 16.8. The standard InChI is InChI=1S/C27H44N6O/c34-26(22-9-3-4-10-22)32-19-13-24(14-20-32)33-18-8-5-11-23(21-33)29-27-28-15-12-25(30-27)31-16-6-1-2-7-17-31/h12,15,22-24H,1-11,13-14,16-21H2,(H,28,29,30). The molecule has 1 aromatic heterocycles. The largest absolute Gasteiger partial charge is 0.356 e. The van der Waals surface area contributed by atoms with Gasteiger partial charge in [-0.05, 0) is 64.0 Å². The Labute approximate surface area is 205 Å². The summed E-state index contributed by atoms with van der Waals surface area (Å²) in [6, 6.07) is 3.05. The first-order valence-corrected chi connectivity index (χ1v) is 14.1. The number of amides is 1. The Hall–Kier alpha value is -1.89. The van der Waals surface area contributed by atoms with E-state index in [1.54, 1.807) is 0 Å². The average Bonchev–Trinajstić information content (AvgIpc) is 3.13. The van der Waals surface area contributed by atoms with Gasteiger partial charge in [0.25, 0.3) is 0 Å². The number of nitrogens with zero attached hydrogens (tertiary/aromatic N) is 5. The van der Waals surface area contributed by atoms with Crippen molar-refractivity contribution in [3.63, 3.8) is 0 Å². The van der Waals surface area contributed by atoms with Crippen LogP contribution in [0.3, 0.4) is 0 Å². The summed E-state index contributed by atoms with van der Waals surface area (Å²) < 4.78 is 0. The van der Waals surface area contributed by atoms with Gasteiger partial charge in [-0.2, -0.15) is 4.98 Å². The predicted molar refractivity (Wildman–Crippen MR) is 137 cm³/mol. The van der Waals surface area contributed by atoms with E-state index in [0.717, 1.165) is 70.2 Å². The number of carbonyl (C=O) groups is 1. The van der Waals surface area contributed by atoms with Crippen LogP contribution in [0, 0.1) is 5.92 Å². The molecule has 4 aliphatic rings. The third-order valence-electron chi connectivity index (χ3n) is 8.60. The van der Waals surface area contributed by atoms with Crippen molar-refractivity contribution in [1.29, 1.82) is 0 Å². The number of likely N-dealkylation sites (tertiary alicyclic amines) is 2. The van der Waals surface area contributed by atoms with Crippen LogP contribution in [-0.2, 0) is 4.79 Å². The number of nitrogens with one attached hydrogen (secondary N) is 1. The van der Waals surface area contributed by atoms with Crippen molar-refractivity contribution in [3.05, 3.63) is 12.3 Å². The zero-order valence-electron chi connectivity index (χ0n) is 21.0. The van der Waals surface area contributed by atoms with Gasteiger partial charge in [0.05, 0.1) is 0 Å². The number of piperidine rings is 1. The molecular formula is C27H44N6O. The maximum absolute atomic E-state index is 12.8. The van der Waals surface area contributed by atoms with Crippen molar-refractivity contribution in [3.8, 4) is 0 Å². The fraction of sp³-hybridized carbons (Fsp3) is 0.815. The highest BCUT2D eigenvalue weighted by Crippen LogP contribution is 2.29. The third-order valence-corrected chi connectivity index (χ3v) is 8.60. The van der Waals surface area contributed by atoms with E-state index in [2.05, 4.69) is 31.1 Å². The summed E-state index contributed by atoms with van der Waals surface area (Å²) in [5.74, 6) is 2.61. The van der Waals surface area contributed by atoms with Gasteiger partial charge in [-0.25, -0.2) is 4.98 Å². The summed E-state index contributed by atoms with van der Waals surface area (Å²) in [6.45, 7) is 6.32. The third kappa shape index (κ3) is 6.02. The van der Waals surface area contributed by atoms with E-state index in [9.17, 15) is 4.79 Å². The van der Waals surface area contributed by atoms with E-state index < -0.39 is 0 Å². The summed E-state index contributed by atoms with van der Waals surface area (Å²) in [4.78, 5) is 29.6. The van der Waals surface area contributed by atoms with Gasteiger partial charge in [-0.1, -0.05) is 32.1 Å². The highest BCUT2D eigenvalue weighted by Gasteiger charge is 2.33. The van der Waals surface area contributed by atoms with Crippen molar-refractivity contribution in [2.45, 2.75) is 95.6 Å². The molecule has 0 radical (unpaired) electrons. The van der Waals surface area contributed by atoms with Crippen LogP contribution in [0.2, 0.25) is 0 Å². The minimum atomic E-state index is 0.313. The highest BCUT2D eigenvalue weighted by atomic mass is 16.2. The summed E-state index contributed by atoms with van der Waals surface area (Å²) >= 11 is 0. The minimum absolute atomic E-state index is 0.313. The number of carbonyl (C=O) groups excluding carboxylic acids is 1. The molecule has 7 heteroatoms. The zero-order chi connectivity index (χ0) is 23.2. The molecule has 1 unspecified atom stereocenters. The van der Waals surface area contributed by atoms with Crippen LogP contribution in [0.1, 0.15) is 83.5 Å². The summed E-state index contributed by atoms with van der Waals surface area (Å²) in [5.41, 5.74) is 0. The Morgan fingerprint density at radius 1 is 0.824 bits per heavy atom. The molecule has 188 valence electrons. The van der Waals surface area contributed by atoms with E-state index in [4.69, 9.17) is 4.98 Å². The monoisotopic (exact) mass is 468 g/mol. The van der Waals surface area contributed by atoms with Gasteiger partial charge >= 0.3 is 0 Å². The van der Waals surface area contributed by atoms with Crippen LogP contribution < -0.4 is 10.2 Å². The molecule has 1 atom stereocenters. The van der Waals surface area contributed by atoms with E-state index in [1.165, 1.54) is 64.3 Å². The van der Waals surface area contributed by atoms with Gasteiger partial charge in [0.1, 0.15) is 5.82 Å². The average molecular weight is 469 g/mol. The second-order valence-electron chi connectivity index (χ2n) is 11.0. The fourth-order valence-electron chi connectivity index (χ4n) is 6.58. The van der Waals surface area contributed by atoms with Crippen molar-refractivity contribution < 1.29 is 4.79 Å². The highest BCUT2D eigenvalue weighted by molar-refractivity contribution is 5.79. The van der Waals surface area contributed by atoms with E-state index in [1.807, 2.05) is 6.20 Å². The molecule has 1 aliphatic carbocycles. The predicted octanol–water partition coefficient (Wildman–Crippen LogP) is 4.30. The van der Waals surface area contributed by atoms with Crippen LogP contribution in [0.25, 0.3) is 0 Å². The lowest BCUT2D eigenvalue weighted by Gasteiger charge is -2.39. The lowest BCUT2D eigenvalue weighted by Crippen LogP contribution is -2.50. The molecule has 1 N–H and O–H groups in total. The van der Waals surface area contributed by atoms with E-state index in [0.29, 0.717) is 23.9 Å². The first-order valence-electron chi connectivity index (χ1n) is 14.1. The SMILES string of the molecule is O=C(C1CCCC1)N1CCC(N2CCCCC(Nc3nccc(N4CCCCCC4)n3)C2)CC1. The van der Waals surface area contributed by atoms with E-state index >= 15 is 0 Å². The Kier molecular flexibility index (Phi) is 8.20. The lowest BCUT2D eigenvalue weighted by atomic mass is 9.99. The van der Waals surface area contributed by atoms with Gasteiger partial charge in [0.2, 0.25) is 11.9 Å². The van der Waals surface area contributed by atoms with Crippen LogP contribution >= 0.6 is 0 Å². The maximum Gasteiger partial charge on any atom is 0.225 e. The summed E-state index contributed by atoms with van der Waals surface area (Å²) in [7, 11) is 0. The van der Waals surface area contributed by atoms with Gasteiger partial charge in [-0.15, -0.1) is 0 Å². The molecule has 1 aromatic rings. The molecule has 4 heterocycles. The second-order valence-corrected chi connectivity index (χ2v) is 11.0. The number of hydrogen-bond donors (Lipinski definition) is 1. The smallest absolute Gasteiger partial charge is 0.225 e. The number of rotatable bonds is 5. The maximum atomic E-state index is 12.8. The molecule has 4 fully saturated rings. The number of hydrogen-bond acceptors (Lipinski definition) is 6. The molecular weight excluding hydrogens is 424 g/mol. The van der Waals surface area contributed by atoms with Gasteiger partial charge in [0.15, 0.2) is 0 Å². The number of aromatic nitrogens is 2. The molecule has 3 aliphatic heterocycles. The zero-order valence-corrected chi connectivity index (χ0v) is 21.0. The van der Waals surface area contributed by atoms with Crippen molar-refractivity contribution in [2.75, 3.05) is 49.5 Å². The molecule has 5 rings (SSSR count). The Morgan fingerprint density at radius 3 is 2.29 bits per heavy atom. The topological polar surface area (TPSA) is 64.6 Å². The van der Waals surface area contributed by atoms with Gasteiger partial charge in [-0.3, -0.25) is 9.69 Å². The molecule has 1 saturated carbocycles. The fourth-order valence-corrected chi connectivity index (χ4v) is 6.58. The Balaban J connectivity index is 1.15. The van der Waals surface area contributed by atoms with Gasteiger partial charge in [0, 0.05) is 56.9 Å². The molecule has 7 nitrogen and oxygen atoms in total. The lowest BCUT2D eigenvalue weighted by molar-refractivity contribution is -0.137. The molecule has 34 heavy (non-hydrogen) atoms. The molecule has 3 saturated heterocycles. The van der Waals surface area contributed by atoms with E-state index in [-0.39, 0.29) is 0 Å². The normalized spacial score (nSPS) is 26.3.